The highest BCUT2D eigenvalue weighted by molar-refractivity contribution is 5.85. The molecule has 0 aromatic carbocycles. The molecular formula is C55H93ClN8O15. The van der Waals surface area contributed by atoms with Crippen LogP contribution in [-0.4, -0.2) is 237 Å². The van der Waals surface area contributed by atoms with Crippen LogP contribution in [0, 0.1) is 11.8 Å². The summed E-state index contributed by atoms with van der Waals surface area (Å²) in [5, 5.41) is 26.4. The number of morpholine rings is 1. The monoisotopic (exact) mass is 1140 g/mol. The summed E-state index contributed by atoms with van der Waals surface area (Å²) >= 11 is 0. The molecule has 0 aromatic rings. The molecule has 12 aliphatic rings. The van der Waals surface area contributed by atoms with E-state index in [1.807, 2.05) is 92.9 Å². The SMILES string of the molecule is CC(C)(C)OC(=O)N1C[C@@H](CC2CC2)[C@H](O)C1.CC(C)(C)OC(=O)N1C[C@@H](O)[C@H](NC2CC2)C1.CC(C)(C)OC(=O)N1C[C@@H]2OC(=O)N(C3CC3)[C@@H]2C1.CC(C)(C)OC(=O)N1C[C@@H]2O[C@@H]2C1.Cl.O=C1O[C@H]2CNC[C@H]2N1C1CC1. The van der Waals surface area contributed by atoms with Crippen molar-refractivity contribution >= 4 is 49.0 Å². The van der Waals surface area contributed by atoms with E-state index in [0.29, 0.717) is 76.5 Å². The number of carbonyl (C=O) groups excluding carboxylic acids is 6. The number of β-amino-alcohol motifs (C(OH)–C–C–N with tert-alkyl or cyclic N) is 2. The average molecular weight is 1140 g/mol. The molecule has 10 atom stereocenters. The van der Waals surface area contributed by atoms with E-state index in [1.54, 1.807) is 19.6 Å². The van der Waals surface area contributed by atoms with Gasteiger partial charge in [-0.25, -0.2) is 28.8 Å². The maximum Gasteiger partial charge on any atom is 0.410 e. The minimum atomic E-state index is -0.498. The van der Waals surface area contributed by atoms with Crippen LogP contribution in [0.1, 0.15) is 141 Å². The van der Waals surface area contributed by atoms with Gasteiger partial charge in [-0.2, -0.15) is 0 Å². The standard InChI is InChI=1S/C13H20N2O4.C13H23NO3.C12H22N2O3.C9H15NO3.C8H12N2O2.ClH/c1-13(2,3)19-11(16)14-6-9-10(7-14)18-12(17)15(9)8-4-5-8;1-13(2,3)17-12(16)14-7-10(11(15)8-14)6-9-4-5-9;1-12(2,3)17-11(16)14-6-9(10(15)7-14)13-8-4-5-8;1-9(2,3)13-8(11)10-4-6-7(5-10)12-6;11-8-10(5-1-2-5)6-3-9-4-7(6)12-8;/h8-10H,4-7H2,1-3H3;9-11,15H,4-8H2,1-3H3;8-10,13,15H,4-7H2,1-3H3;6-7H,4-5H2,1-3H3;5-7,9H,1-4H2;1H/t9-,10+;10-,11-;9-,10-;2*6-,7+;/m111.1./s1. The van der Waals surface area contributed by atoms with E-state index >= 15 is 0 Å². The van der Waals surface area contributed by atoms with Crippen LogP contribution in [0.4, 0.5) is 28.8 Å². The number of amides is 6. The molecule has 8 aliphatic heterocycles. The summed E-state index contributed by atoms with van der Waals surface area (Å²) in [6, 6.07) is 1.68. The first-order valence-electron chi connectivity index (χ1n) is 28.7. The lowest BCUT2D eigenvalue weighted by molar-refractivity contribution is 0.0225. The zero-order valence-electron chi connectivity index (χ0n) is 48.8. The fourth-order valence-electron chi connectivity index (χ4n) is 10.7. The molecule has 23 nitrogen and oxygen atoms in total. The molecule has 12 fully saturated rings. The average Bonchev–Trinajstić information content (AvgIpc) is 4.23. The smallest absolute Gasteiger partial charge is 0.410 e. The molecule has 0 unspecified atom stereocenters. The topological polar surface area (TPSA) is 254 Å². The lowest BCUT2D eigenvalue weighted by Gasteiger charge is -2.26. The number of ether oxygens (including phenoxy) is 7. The van der Waals surface area contributed by atoms with Crippen LogP contribution in [-0.2, 0) is 33.2 Å². The molecule has 4 aliphatic carbocycles. The lowest BCUT2D eigenvalue weighted by Crippen LogP contribution is -2.41. The molecule has 6 amide bonds. The highest BCUT2D eigenvalue weighted by Crippen LogP contribution is 2.40. The summed E-state index contributed by atoms with van der Waals surface area (Å²) < 4.78 is 37.0. The van der Waals surface area contributed by atoms with Crippen molar-refractivity contribution in [2.24, 2.45) is 11.8 Å². The summed E-state index contributed by atoms with van der Waals surface area (Å²) in [6.07, 6.45) is 8.56. The Kier molecular flexibility index (Phi) is 19.5. The number of aliphatic hydroxyl groups is 2. The van der Waals surface area contributed by atoms with Crippen LogP contribution in [0.25, 0.3) is 0 Å². The molecule has 8 heterocycles. The van der Waals surface area contributed by atoms with Crippen LogP contribution in [0.5, 0.6) is 0 Å². The van der Waals surface area contributed by atoms with E-state index in [9.17, 15) is 39.0 Å². The molecule has 0 bridgehead atoms. The van der Waals surface area contributed by atoms with Gasteiger partial charge in [0.25, 0.3) is 0 Å². The van der Waals surface area contributed by atoms with Gasteiger partial charge in [0.05, 0.1) is 63.1 Å². The molecule has 450 valence electrons. The second-order valence-corrected chi connectivity index (χ2v) is 27.3. The van der Waals surface area contributed by atoms with Gasteiger partial charge in [-0.1, -0.05) is 12.8 Å². The van der Waals surface area contributed by atoms with Crippen molar-refractivity contribution in [2.45, 2.75) is 236 Å². The predicted molar refractivity (Wildman–Crippen MR) is 291 cm³/mol. The van der Waals surface area contributed by atoms with Crippen LogP contribution in [0.2, 0.25) is 0 Å². The maximum atomic E-state index is 12.0. The Bertz CT molecular complexity index is 2080. The van der Waals surface area contributed by atoms with Gasteiger partial charge in [0, 0.05) is 56.8 Å². The highest BCUT2D eigenvalue weighted by Gasteiger charge is 2.54. The second kappa shape index (κ2) is 24.7. The van der Waals surface area contributed by atoms with Gasteiger partial charge in [-0.15, -0.1) is 12.4 Å². The van der Waals surface area contributed by atoms with Crippen LogP contribution >= 0.6 is 12.4 Å². The van der Waals surface area contributed by atoms with E-state index in [2.05, 4.69) is 10.6 Å². The van der Waals surface area contributed by atoms with Crippen LogP contribution in [0.15, 0.2) is 0 Å². The van der Waals surface area contributed by atoms with Crippen molar-refractivity contribution in [2.75, 3.05) is 65.4 Å². The number of nitrogens with one attached hydrogen (secondary N) is 2. The third kappa shape index (κ3) is 18.4. The predicted octanol–water partition coefficient (Wildman–Crippen LogP) is 5.69. The van der Waals surface area contributed by atoms with Gasteiger partial charge in [-0.3, -0.25) is 9.80 Å². The molecule has 4 N–H and O–H groups in total. The molecule has 12 rings (SSSR count). The Balaban J connectivity index is 0.000000144. The van der Waals surface area contributed by atoms with Crippen molar-refractivity contribution < 1.29 is 72.1 Å². The van der Waals surface area contributed by atoms with E-state index in [4.69, 9.17) is 33.2 Å². The number of rotatable bonds is 6. The minimum Gasteiger partial charge on any atom is -0.444 e. The number of hydrogen-bond donors (Lipinski definition) is 4. The Labute approximate surface area is 473 Å². The molecule has 8 saturated heterocycles. The number of nitrogens with zero attached hydrogens (tertiary/aromatic N) is 6. The van der Waals surface area contributed by atoms with E-state index in [1.165, 1.54) is 38.5 Å². The Morgan fingerprint density at radius 2 is 0.937 bits per heavy atom. The second-order valence-electron chi connectivity index (χ2n) is 27.3. The number of hydrogen-bond acceptors (Lipinski definition) is 17. The molecule has 4 saturated carbocycles. The number of halogens is 1. The van der Waals surface area contributed by atoms with Crippen molar-refractivity contribution in [1.29, 1.82) is 0 Å². The normalized spacial score (nSPS) is 31.3. The largest absolute Gasteiger partial charge is 0.444 e. The number of fused-ring (bicyclic) bond motifs is 3. The zero-order chi connectivity index (χ0) is 56.8. The van der Waals surface area contributed by atoms with Crippen molar-refractivity contribution in [3.63, 3.8) is 0 Å². The summed E-state index contributed by atoms with van der Waals surface area (Å²) in [5.41, 5.74) is -1.84. The van der Waals surface area contributed by atoms with Crippen LogP contribution < -0.4 is 10.6 Å². The Morgan fingerprint density at radius 1 is 0.519 bits per heavy atom. The summed E-state index contributed by atoms with van der Waals surface area (Å²) in [4.78, 5) is 80.6. The first-order valence-corrected chi connectivity index (χ1v) is 28.7. The van der Waals surface area contributed by atoms with Crippen molar-refractivity contribution in [3.8, 4) is 0 Å². The summed E-state index contributed by atoms with van der Waals surface area (Å²) in [6.45, 7) is 28.3. The van der Waals surface area contributed by atoms with Crippen molar-refractivity contribution in [3.05, 3.63) is 0 Å². The number of aliphatic hydroxyl groups excluding tert-OH is 2. The summed E-state index contributed by atoms with van der Waals surface area (Å²) in [5.74, 6) is 1.03. The van der Waals surface area contributed by atoms with Gasteiger partial charge in [0.15, 0.2) is 0 Å². The number of likely N-dealkylation sites (tertiary alicyclic amines) is 4. The van der Waals surface area contributed by atoms with E-state index < -0.39 is 28.5 Å². The van der Waals surface area contributed by atoms with Gasteiger partial charge in [-0.05, 0) is 134 Å². The fraction of sp³-hybridized carbons (Fsp3) is 0.891. The molecule has 0 aromatic heterocycles. The van der Waals surface area contributed by atoms with Crippen molar-refractivity contribution in [1.82, 2.24) is 40.0 Å². The first kappa shape index (κ1) is 62.3. The lowest BCUT2D eigenvalue weighted by atomic mass is 9.99. The molecule has 0 radical (unpaired) electrons. The third-order valence-electron chi connectivity index (χ3n) is 15.0. The fourth-order valence-corrected chi connectivity index (χ4v) is 10.7. The highest BCUT2D eigenvalue weighted by atomic mass is 35.5. The molecular weight excluding hydrogens is 1050 g/mol. The summed E-state index contributed by atoms with van der Waals surface area (Å²) in [7, 11) is 0. The third-order valence-corrected chi connectivity index (χ3v) is 15.0. The van der Waals surface area contributed by atoms with E-state index in [0.717, 1.165) is 38.3 Å². The van der Waals surface area contributed by atoms with Crippen LogP contribution in [0.3, 0.4) is 0 Å². The zero-order valence-corrected chi connectivity index (χ0v) is 49.6. The van der Waals surface area contributed by atoms with Gasteiger partial charge >= 0.3 is 36.6 Å². The van der Waals surface area contributed by atoms with Gasteiger partial charge in [0.2, 0.25) is 0 Å². The molecule has 0 spiro atoms. The van der Waals surface area contributed by atoms with Gasteiger partial charge < -0.3 is 73.6 Å². The molecule has 79 heavy (non-hydrogen) atoms. The number of carbonyl (C=O) groups is 6. The Hall–Kier alpha value is -4.29. The molecule has 24 heteroatoms. The number of epoxide rings is 1. The minimum absolute atomic E-state index is 0. The van der Waals surface area contributed by atoms with E-state index in [-0.39, 0.29) is 97.5 Å². The maximum absolute atomic E-state index is 12.0. The first-order chi connectivity index (χ1) is 36.4. The quantitative estimate of drug-likeness (QED) is 0.184. The van der Waals surface area contributed by atoms with Gasteiger partial charge in [0.1, 0.15) is 46.8 Å². The Morgan fingerprint density at radius 3 is 1.39 bits per heavy atom.